The first kappa shape index (κ1) is 11.2. The van der Waals surface area contributed by atoms with Gasteiger partial charge in [0, 0.05) is 0 Å². The highest BCUT2D eigenvalue weighted by atomic mass is 16.6. The third-order valence-corrected chi connectivity index (χ3v) is 3.25. The molecule has 0 radical (unpaired) electrons. The number of likely N-dealkylation sites (tertiary alicyclic amines) is 1. The molecule has 0 aromatic rings. The first-order valence-electron chi connectivity index (χ1n) is 5.49. The molecular formula is C10H16N2O4. The minimum absolute atomic E-state index is 0.0431. The molecule has 0 saturated carbocycles. The van der Waals surface area contributed by atoms with Crippen LogP contribution in [0.25, 0.3) is 0 Å². The Morgan fingerprint density at radius 3 is 2.88 bits per heavy atom. The number of carbonyl (C=O) groups excluding carboxylic acids is 1. The van der Waals surface area contributed by atoms with Crippen LogP contribution in [-0.4, -0.2) is 59.4 Å². The van der Waals surface area contributed by atoms with Crippen molar-refractivity contribution in [3.63, 3.8) is 0 Å². The van der Waals surface area contributed by atoms with Gasteiger partial charge in [-0.15, -0.1) is 0 Å². The van der Waals surface area contributed by atoms with E-state index in [0.29, 0.717) is 0 Å². The summed E-state index contributed by atoms with van der Waals surface area (Å²) in [5, 5.41) is 9.03. The molecule has 6 nitrogen and oxygen atoms in total. The summed E-state index contributed by atoms with van der Waals surface area (Å²) in [6, 6.07) is -0.835. The molecule has 1 amide bonds. The third kappa shape index (κ3) is 1.84. The van der Waals surface area contributed by atoms with Crippen LogP contribution in [0.5, 0.6) is 0 Å². The summed E-state index contributed by atoms with van der Waals surface area (Å²) < 4.78 is 4.82. The van der Waals surface area contributed by atoms with Crippen LogP contribution in [0.4, 0.5) is 4.79 Å². The zero-order chi connectivity index (χ0) is 11.7. The van der Waals surface area contributed by atoms with Gasteiger partial charge in [-0.2, -0.15) is 0 Å². The van der Waals surface area contributed by atoms with Crippen molar-refractivity contribution in [3.05, 3.63) is 0 Å². The normalized spacial score (nSPS) is 31.6. The van der Waals surface area contributed by atoms with E-state index in [2.05, 4.69) is 0 Å². The quantitative estimate of drug-likeness (QED) is 0.737. The maximum atomic E-state index is 11.5. The van der Waals surface area contributed by atoms with E-state index in [1.54, 1.807) is 0 Å². The van der Waals surface area contributed by atoms with Crippen LogP contribution in [0, 0.1) is 0 Å². The number of hydrogen-bond acceptors (Lipinski definition) is 4. The standard InChI is InChI=1S/C10H16N2O4/c1-11-5-3-2-4-8(11)12-7(9(13)14)6-16-10(12)15/h7-8H,2-6H2,1H3,(H,13,14). The molecule has 0 aliphatic carbocycles. The van der Waals surface area contributed by atoms with E-state index in [1.807, 2.05) is 11.9 Å². The molecule has 2 saturated heterocycles. The summed E-state index contributed by atoms with van der Waals surface area (Å²) in [4.78, 5) is 25.9. The Balaban J connectivity index is 2.15. The second-order valence-electron chi connectivity index (χ2n) is 4.30. The molecule has 16 heavy (non-hydrogen) atoms. The van der Waals surface area contributed by atoms with Crippen molar-refractivity contribution in [2.24, 2.45) is 0 Å². The molecule has 6 heteroatoms. The van der Waals surface area contributed by atoms with Gasteiger partial charge < -0.3 is 9.84 Å². The second-order valence-corrected chi connectivity index (χ2v) is 4.30. The first-order chi connectivity index (χ1) is 7.61. The Morgan fingerprint density at radius 1 is 1.50 bits per heavy atom. The molecule has 2 fully saturated rings. The molecule has 2 aliphatic heterocycles. The molecule has 0 bridgehead atoms. The number of piperidine rings is 1. The lowest BCUT2D eigenvalue weighted by Gasteiger charge is -2.38. The highest BCUT2D eigenvalue weighted by Gasteiger charge is 2.44. The number of ether oxygens (including phenoxy) is 1. The summed E-state index contributed by atoms with van der Waals surface area (Å²) in [5.74, 6) is -0.996. The molecule has 2 rings (SSSR count). The third-order valence-electron chi connectivity index (χ3n) is 3.25. The van der Waals surface area contributed by atoms with Gasteiger partial charge in [0.25, 0.3) is 0 Å². The summed E-state index contributed by atoms with van der Waals surface area (Å²) in [7, 11) is 1.91. The summed E-state index contributed by atoms with van der Waals surface area (Å²) in [5.41, 5.74) is 0. The lowest BCUT2D eigenvalue weighted by Crippen LogP contribution is -2.54. The lowest BCUT2D eigenvalue weighted by molar-refractivity contribution is -0.143. The Morgan fingerprint density at radius 2 is 2.25 bits per heavy atom. The van der Waals surface area contributed by atoms with Crippen molar-refractivity contribution in [1.82, 2.24) is 9.80 Å². The maximum absolute atomic E-state index is 11.5. The fourth-order valence-electron chi connectivity index (χ4n) is 2.36. The van der Waals surface area contributed by atoms with Gasteiger partial charge >= 0.3 is 12.1 Å². The van der Waals surface area contributed by atoms with Crippen molar-refractivity contribution in [1.29, 1.82) is 0 Å². The number of nitrogens with zero attached hydrogens (tertiary/aromatic N) is 2. The first-order valence-corrected chi connectivity index (χ1v) is 5.49. The van der Waals surface area contributed by atoms with Gasteiger partial charge in [-0.25, -0.2) is 9.59 Å². The molecule has 0 aromatic heterocycles. The Kier molecular flexibility index (Phi) is 3.00. The van der Waals surface area contributed by atoms with Crippen LogP contribution in [0.15, 0.2) is 0 Å². The Bertz CT molecular complexity index is 307. The van der Waals surface area contributed by atoms with E-state index < -0.39 is 18.1 Å². The number of cyclic esters (lactones) is 1. The van der Waals surface area contributed by atoms with Gasteiger partial charge in [0.2, 0.25) is 0 Å². The Hall–Kier alpha value is -1.30. The van der Waals surface area contributed by atoms with E-state index >= 15 is 0 Å². The van der Waals surface area contributed by atoms with E-state index in [4.69, 9.17) is 9.84 Å². The van der Waals surface area contributed by atoms with Gasteiger partial charge in [-0.3, -0.25) is 9.80 Å². The molecule has 1 N–H and O–H groups in total. The summed E-state index contributed by atoms with van der Waals surface area (Å²) in [6.07, 6.45) is 2.28. The van der Waals surface area contributed by atoms with E-state index in [1.165, 1.54) is 4.90 Å². The SMILES string of the molecule is CN1CCCCC1N1C(=O)OCC1C(=O)O. The van der Waals surface area contributed by atoms with Gasteiger partial charge in [-0.1, -0.05) is 0 Å². The maximum Gasteiger partial charge on any atom is 0.411 e. The van der Waals surface area contributed by atoms with Crippen LogP contribution in [0.3, 0.4) is 0 Å². The highest BCUT2D eigenvalue weighted by molar-refractivity contribution is 5.83. The minimum atomic E-state index is -0.996. The number of hydrogen-bond donors (Lipinski definition) is 1. The van der Waals surface area contributed by atoms with Crippen LogP contribution >= 0.6 is 0 Å². The molecule has 0 spiro atoms. The number of aliphatic carboxylic acids is 1. The number of rotatable bonds is 2. The van der Waals surface area contributed by atoms with Gasteiger partial charge in [0.1, 0.15) is 6.61 Å². The zero-order valence-corrected chi connectivity index (χ0v) is 9.26. The number of carbonyl (C=O) groups is 2. The Labute approximate surface area is 93.8 Å². The van der Waals surface area contributed by atoms with Crippen molar-refractivity contribution in [2.45, 2.75) is 31.5 Å². The van der Waals surface area contributed by atoms with Crippen LogP contribution in [-0.2, 0) is 9.53 Å². The van der Waals surface area contributed by atoms with E-state index in [-0.39, 0.29) is 12.8 Å². The molecule has 90 valence electrons. The largest absolute Gasteiger partial charge is 0.480 e. The highest BCUT2D eigenvalue weighted by Crippen LogP contribution is 2.25. The number of carboxylic acid groups (broad SMARTS) is 1. The van der Waals surface area contributed by atoms with Crippen molar-refractivity contribution in [3.8, 4) is 0 Å². The lowest BCUT2D eigenvalue weighted by atomic mass is 10.1. The van der Waals surface area contributed by atoms with E-state index in [9.17, 15) is 9.59 Å². The summed E-state index contributed by atoms with van der Waals surface area (Å²) in [6.45, 7) is 0.847. The average Bonchev–Trinajstić information content (AvgIpc) is 2.61. The molecule has 2 aliphatic rings. The van der Waals surface area contributed by atoms with Crippen molar-refractivity contribution in [2.75, 3.05) is 20.2 Å². The summed E-state index contributed by atoms with van der Waals surface area (Å²) >= 11 is 0. The fraction of sp³-hybridized carbons (Fsp3) is 0.800. The fourth-order valence-corrected chi connectivity index (χ4v) is 2.36. The number of carboxylic acids is 1. The predicted molar refractivity (Wildman–Crippen MR) is 54.9 cm³/mol. The van der Waals surface area contributed by atoms with Crippen LogP contribution in [0.1, 0.15) is 19.3 Å². The van der Waals surface area contributed by atoms with Crippen LogP contribution in [0.2, 0.25) is 0 Å². The zero-order valence-electron chi connectivity index (χ0n) is 9.26. The minimum Gasteiger partial charge on any atom is -0.480 e. The van der Waals surface area contributed by atoms with Gasteiger partial charge in [0.05, 0.1) is 6.17 Å². The monoisotopic (exact) mass is 228 g/mol. The number of amides is 1. The van der Waals surface area contributed by atoms with Gasteiger partial charge in [-0.05, 0) is 32.9 Å². The average molecular weight is 228 g/mol. The van der Waals surface area contributed by atoms with Crippen molar-refractivity contribution >= 4 is 12.1 Å². The molecular weight excluding hydrogens is 212 g/mol. The molecule has 2 atom stereocenters. The molecule has 0 aromatic carbocycles. The molecule has 2 unspecified atom stereocenters. The van der Waals surface area contributed by atoms with Gasteiger partial charge in [0.15, 0.2) is 6.04 Å². The molecule has 2 heterocycles. The van der Waals surface area contributed by atoms with Crippen molar-refractivity contribution < 1.29 is 19.4 Å². The topological polar surface area (TPSA) is 70.1 Å². The smallest absolute Gasteiger partial charge is 0.411 e. The van der Waals surface area contributed by atoms with E-state index in [0.717, 1.165) is 25.8 Å². The predicted octanol–water partition coefficient (Wildman–Crippen LogP) is 0.334. The van der Waals surface area contributed by atoms with Crippen LogP contribution < -0.4 is 0 Å². The second kappa shape index (κ2) is 4.29.